The molecule has 0 aliphatic carbocycles. The highest BCUT2D eigenvalue weighted by atomic mass is 32.2. The highest BCUT2D eigenvalue weighted by Crippen LogP contribution is 2.10. The second-order valence-corrected chi connectivity index (χ2v) is 6.24. The van der Waals surface area contributed by atoms with Crippen LogP contribution in [0.15, 0.2) is 24.3 Å². The van der Waals surface area contributed by atoms with Gasteiger partial charge in [-0.15, -0.1) is 0 Å². The number of nitrogens with one attached hydrogen (secondary N) is 1. The number of carboxylic acid groups (broad SMARTS) is 1. The van der Waals surface area contributed by atoms with Gasteiger partial charge in [-0.05, 0) is 31.5 Å². The van der Waals surface area contributed by atoms with E-state index in [0.29, 0.717) is 11.3 Å². The third-order valence-electron chi connectivity index (χ3n) is 2.52. The zero-order chi connectivity index (χ0) is 14.6. The summed E-state index contributed by atoms with van der Waals surface area (Å²) < 4.78 is 11.1. The number of carboxylic acids is 1. The smallest absolute Gasteiger partial charge is 0.328 e. The standard InChI is InChI=1S/C13H17NO4S/c1-13(2,12(16)17)14-11(15)10-6-4-5-9(7-10)8-19(3)18/h4-7H,8H2,1-3H3,(H,14,15)(H,16,17). The van der Waals surface area contributed by atoms with Crippen LogP contribution in [0.25, 0.3) is 0 Å². The molecule has 0 aliphatic rings. The maximum absolute atomic E-state index is 12.0. The molecule has 19 heavy (non-hydrogen) atoms. The lowest BCUT2D eigenvalue weighted by molar-refractivity contribution is -0.143. The van der Waals surface area contributed by atoms with Crippen molar-refractivity contribution in [2.75, 3.05) is 6.26 Å². The Labute approximate surface area is 114 Å². The Morgan fingerprint density at radius 2 is 2.00 bits per heavy atom. The molecule has 2 N–H and O–H groups in total. The molecule has 0 heterocycles. The van der Waals surface area contributed by atoms with Crippen LogP contribution in [0.2, 0.25) is 0 Å². The van der Waals surface area contributed by atoms with E-state index in [1.54, 1.807) is 30.5 Å². The minimum absolute atomic E-state index is 0.359. The summed E-state index contributed by atoms with van der Waals surface area (Å²) in [5.41, 5.74) is -0.195. The van der Waals surface area contributed by atoms with Crippen molar-refractivity contribution >= 4 is 22.7 Å². The second kappa shape index (κ2) is 5.97. The highest BCUT2D eigenvalue weighted by Gasteiger charge is 2.29. The van der Waals surface area contributed by atoms with Crippen molar-refractivity contribution < 1.29 is 18.9 Å². The van der Waals surface area contributed by atoms with E-state index in [0.717, 1.165) is 5.56 Å². The van der Waals surface area contributed by atoms with Gasteiger partial charge in [-0.2, -0.15) is 0 Å². The molecule has 1 aromatic rings. The van der Waals surface area contributed by atoms with E-state index >= 15 is 0 Å². The number of benzene rings is 1. The first-order valence-corrected chi connectivity index (χ1v) is 7.40. The third kappa shape index (κ3) is 4.48. The molecule has 0 spiro atoms. The van der Waals surface area contributed by atoms with Gasteiger partial charge in [0.2, 0.25) is 0 Å². The monoisotopic (exact) mass is 283 g/mol. The maximum atomic E-state index is 12.0. The Bertz CT molecular complexity index is 525. The van der Waals surface area contributed by atoms with Gasteiger partial charge in [0.1, 0.15) is 5.54 Å². The number of carbonyl (C=O) groups is 2. The van der Waals surface area contributed by atoms with Gasteiger partial charge in [0.15, 0.2) is 0 Å². The molecule has 0 saturated carbocycles. The first kappa shape index (κ1) is 15.4. The molecular weight excluding hydrogens is 266 g/mol. The van der Waals surface area contributed by atoms with Gasteiger partial charge < -0.3 is 10.4 Å². The van der Waals surface area contributed by atoms with Crippen LogP contribution >= 0.6 is 0 Å². The molecule has 0 saturated heterocycles. The van der Waals surface area contributed by atoms with Crippen molar-refractivity contribution in [3.63, 3.8) is 0 Å². The molecule has 0 radical (unpaired) electrons. The molecular formula is C13H17NO4S. The van der Waals surface area contributed by atoms with Gasteiger partial charge in [0, 0.05) is 28.4 Å². The fourth-order valence-electron chi connectivity index (χ4n) is 1.45. The van der Waals surface area contributed by atoms with Crippen LogP contribution in [0, 0.1) is 0 Å². The molecule has 0 bridgehead atoms. The second-order valence-electron chi connectivity index (χ2n) is 4.80. The van der Waals surface area contributed by atoms with Crippen molar-refractivity contribution in [2.24, 2.45) is 0 Å². The van der Waals surface area contributed by atoms with Crippen LogP contribution in [0.3, 0.4) is 0 Å². The average molecular weight is 283 g/mol. The van der Waals surface area contributed by atoms with Gasteiger partial charge in [0.25, 0.3) is 5.91 Å². The highest BCUT2D eigenvalue weighted by molar-refractivity contribution is 7.83. The van der Waals surface area contributed by atoms with E-state index in [2.05, 4.69) is 5.32 Å². The molecule has 6 heteroatoms. The number of rotatable bonds is 5. The topological polar surface area (TPSA) is 83.5 Å². The predicted molar refractivity (Wildman–Crippen MR) is 73.4 cm³/mol. The summed E-state index contributed by atoms with van der Waals surface area (Å²) in [6.07, 6.45) is 1.58. The van der Waals surface area contributed by atoms with Crippen molar-refractivity contribution in [3.05, 3.63) is 35.4 Å². The lowest BCUT2D eigenvalue weighted by Crippen LogP contribution is -2.49. The molecule has 0 aliphatic heterocycles. The number of hydrogen-bond donors (Lipinski definition) is 2. The minimum Gasteiger partial charge on any atom is -0.480 e. The summed E-state index contributed by atoms with van der Waals surface area (Å²) in [5, 5.41) is 11.4. The minimum atomic E-state index is -1.33. The van der Waals surface area contributed by atoms with Crippen LogP contribution in [0.4, 0.5) is 0 Å². The zero-order valence-electron chi connectivity index (χ0n) is 11.1. The van der Waals surface area contributed by atoms with Crippen molar-refractivity contribution in [2.45, 2.75) is 25.1 Å². The number of carbonyl (C=O) groups excluding carboxylic acids is 1. The first-order valence-electron chi connectivity index (χ1n) is 5.67. The van der Waals surface area contributed by atoms with E-state index < -0.39 is 28.2 Å². The Kier molecular flexibility index (Phi) is 4.83. The summed E-state index contributed by atoms with van der Waals surface area (Å²) in [7, 11) is -0.990. The van der Waals surface area contributed by atoms with Gasteiger partial charge in [0.05, 0.1) is 0 Å². The Morgan fingerprint density at radius 3 is 2.53 bits per heavy atom. The van der Waals surface area contributed by atoms with Crippen molar-refractivity contribution in [1.82, 2.24) is 5.32 Å². The average Bonchev–Trinajstić information content (AvgIpc) is 2.27. The normalized spacial score (nSPS) is 12.8. The Hall–Kier alpha value is -1.69. The molecule has 5 nitrogen and oxygen atoms in total. The van der Waals surface area contributed by atoms with Crippen molar-refractivity contribution in [3.8, 4) is 0 Å². The SMILES string of the molecule is CS(=O)Cc1cccc(C(=O)NC(C)(C)C(=O)O)c1. The van der Waals surface area contributed by atoms with Gasteiger partial charge in [-0.1, -0.05) is 12.1 Å². The number of hydrogen-bond acceptors (Lipinski definition) is 3. The summed E-state index contributed by atoms with van der Waals surface area (Å²) >= 11 is 0. The molecule has 0 fully saturated rings. The van der Waals surface area contributed by atoms with E-state index in [-0.39, 0.29) is 0 Å². The van der Waals surface area contributed by atoms with Gasteiger partial charge in [-0.3, -0.25) is 9.00 Å². The Balaban J connectivity index is 2.89. The lowest BCUT2D eigenvalue weighted by atomic mass is 10.0. The quantitative estimate of drug-likeness (QED) is 0.849. The number of amides is 1. The molecule has 104 valence electrons. The van der Waals surface area contributed by atoms with Crippen LogP contribution in [0.1, 0.15) is 29.8 Å². The maximum Gasteiger partial charge on any atom is 0.328 e. The fraction of sp³-hybridized carbons (Fsp3) is 0.385. The van der Waals surface area contributed by atoms with Crippen LogP contribution in [-0.2, 0) is 21.3 Å². The molecule has 1 atom stereocenters. The summed E-state index contributed by atoms with van der Waals surface area (Å²) in [5.74, 6) is -1.20. The third-order valence-corrected chi connectivity index (χ3v) is 3.26. The van der Waals surface area contributed by atoms with E-state index in [9.17, 15) is 13.8 Å². The van der Waals surface area contributed by atoms with E-state index in [1.807, 2.05) is 0 Å². The fourth-order valence-corrected chi connectivity index (χ4v) is 2.10. The van der Waals surface area contributed by atoms with Crippen molar-refractivity contribution in [1.29, 1.82) is 0 Å². The number of aliphatic carboxylic acids is 1. The van der Waals surface area contributed by atoms with Gasteiger partial charge in [-0.25, -0.2) is 4.79 Å². The zero-order valence-corrected chi connectivity index (χ0v) is 11.9. The molecule has 1 unspecified atom stereocenters. The molecule has 1 aromatic carbocycles. The van der Waals surface area contributed by atoms with Gasteiger partial charge >= 0.3 is 5.97 Å². The van der Waals surface area contributed by atoms with Crippen LogP contribution in [-0.4, -0.2) is 33.0 Å². The predicted octanol–water partition coefficient (Wildman–Crippen LogP) is 1.16. The summed E-state index contributed by atoms with van der Waals surface area (Å²) in [6.45, 7) is 2.83. The van der Waals surface area contributed by atoms with Crippen LogP contribution < -0.4 is 5.32 Å². The molecule has 0 aromatic heterocycles. The first-order chi connectivity index (χ1) is 8.72. The van der Waals surface area contributed by atoms with E-state index in [4.69, 9.17) is 5.11 Å². The molecule has 1 amide bonds. The largest absolute Gasteiger partial charge is 0.480 e. The van der Waals surface area contributed by atoms with Crippen LogP contribution in [0.5, 0.6) is 0 Å². The molecule has 1 rings (SSSR count). The summed E-state index contributed by atoms with van der Waals surface area (Å²) in [4.78, 5) is 22.9. The summed E-state index contributed by atoms with van der Waals surface area (Å²) in [6, 6.07) is 6.68. The lowest BCUT2D eigenvalue weighted by Gasteiger charge is -2.21. The van der Waals surface area contributed by atoms with E-state index in [1.165, 1.54) is 13.8 Å². The Morgan fingerprint density at radius 1 is 1.37 bits per heavy atom.